The molecule has 0 saturated heterocycles. The van der Waals surface area contributed by atoms with Crippen molar-refractivity contribution in [1.29, 1.82) is 0 Å². The molecule has 68 valence electrons. The van der Waals surface area contributed by atoms with Gasteiger partial charge in [-0.3, -0.25) is 4.98 Å². The number of nitrogens with one attached hydrogen (secondary N) is 1. The minimum Gasteiger partial charge on any atom is -0.338 e. The topological polar surface area (TPSA) is 41.6 Å². The average molecular weight is 204 g/mol. The van der Waals surface area contributed by atoms with Crippen LogP contribution >= 0.6 is 11.6 Å². The quantitative estimate of drug-likeness (QED) is 0.611. The Kier molecular flexibility index (Phi) is 1.49. The molecule has 14 heavy (non-hydrogen) atoms. The molecule has 0 atom stereocenters. The van der Waals surface area contributed by atoms with Gasteiger partial charge in [-0.05, 0) is 12.1 Å². The third kappa shape index (κ3) is 0.930. The molecule has 3 aromatic heterocycles. The highest BCUT2D eigenvalue weighted by atomic mass is 35.5. The summed E-state index contributed by atoms with van der Waals surface area (Å²) in [6, 6.07) is 3.72. The van der Waals surface area contributed by atoms with Crippen LogP contribution < -0.4 is 0 Å². The van der Waals surface area contributed by atoms with E-state index in [1.54, 1.807) is 24.7 Å². The molecule has 4 heteroatoms. The van der Waals surface area contributed by atoms with Gasteiger partial charge in [-0.1, -0.05) is 11.6 Å². The number of hydrogen-bond acceptors (Lipinski definition) is 2. The fourth-order valence-corrected chi connectivity index (χ4v) is 1.88. The van der Waals surface area contributed by atoms with Gasteiger partial charge in [0.25, 0.3) is 0 Å². The molecule has 0 unspecified atom stereocenters. The fourth-order valence-electron chi connectivity index (χ4n) is 1.63. The molecule has 0 radical (unpaired) electrons. The normalized spacial score (nSPS) is 11.2. The molecule has 0 amide bonds. The summed E-state index contributed by atoms with van der Waals surface area (Å²) in [6.07, 6.45) is 5.21. The molecule has 0 saturated carbocycles. The van der Waals surface area contributed by atoms with Crippen LogP contribution in [0.2, 0.25) is 5.02 Å². The van der Waals surface area contributed by atoms with Crippen LogP contribution in [0.1, 0.15) is 0 Å². The summed E-state index contributed by atoms with van der Waals surface area (Å²) in [4.78, 5) is 11.4. The first-order valence-corrected chi connectivity index (χ1v) is 4.60. The Bertz CT molecular complexity index is 615. The van der Waals surface area contributed by atoms with Crippen LogP contribution in [0.3, 0.4) is 0 Å². The highest BCUT2D eigenvalue weighted by Crippen LogP contribution is 2.28. The van der Waals surface area contributed by atoms with E-state index in [-0.39, 0.29) is 0 Å². The van der Waals surface area contributed by atoms with Crippen molar-refractivity contribution in [3.8, 4) is 0 Å². The Hall–Kier alpha value is -1.61. The van der Waals surface area contributed by atoms with Gasteiger partial charge in [0, 0.05) is 23.2 Å². The van der Waals surface area contributed by atoms with Crippen molar-refractivity contribution in [1.82, 2.24) is 15.0 Å². The van der Waals surface area contributed by atoms with Crippen molar-refractivity contribution < 1.29 is 0 Å². The zero-order valence-corrected chi connectivity index (χ0v) is 7.92. The number of fused-ring (bicyclic) bond motifs is 3. The van der Waals surface area contributed by atoms with Crippen LogP contribution in [-0.4, -0.2) is 15.0 Å². The summed E-state index contributed by atoms with van der Waals surface area (Å²) < 4.78 is 0. The van der Waals surface area contributed by atoms with E-state index in [2.05, 4.69) is 15.0 Å². The van der Waals surface area contributed by atoms with Crippen LogP contribution in [0.15, 0.2) is 30.7 Å². The average Bonchev–Trinajstić information content (AvgIpc) is 2.57. The van der Waals surface area contributed by atoms with Crippen molar-refractivity contribution in [3.63, 3.8) is 0 Å². The summed E-state index contributed by atoms with van der Waals surface area (Å²) in [6.45, 7) is 0. The lowest BCUT2D eigenvalue weighted by Gasteiger charge is -1.92. The number of H-pyrrole nitrogens is 1. The number of aromatic nitrogens is 3. The third-order valence-electron chi connectivity index (χ3n) is 2.24. The van der Waals surface area contributed by atoms with Crippen molar-refractivity contribution in [3.05, 3.63) is 35.7 Å². The van der Waals surface area contributed by atoms with Gasteiger partial charge < -0.3 is 4.98 Å². The van der Waals surface area contributed by atoms with Crippen molar-refractivity contribution in [2.24, 2.45) is 0 Å². The molecule has 1 N–H and O–H groups in total. The highest BCUT2D eigenvalue weighted by Gasteiger charge is 2.07. The number of rotatable bonds is 0. The Balaban J connectivity index is 2.65. The predicted molar refractivity (Wildman–Crippen MR) is 56.4 cm³/mol. The fraction of sp³-hybridized carbons (Fsp3) is 0. The lowest BCUT2D eigenvalue weighted by Crippen LogP contribution is -1.74. The molecular formula is C10H6ClN3. The van der Waals surface area contributed by atoms with Gasteiger partial charge in [0.1, 0.15) is 5.65 Å². The Morgan fingerprint density at radius 3 is 3.07 bits per heavy atom. The summed E-state index contributed by atoms with van der Waals surface area (Å²) in [5.41, 5.74) is 1.77. The van der Waals surface area contributed by atoms with E-state index in [1.165, 1.54) is 0 Å². The first-order valence-electron chi connectivity index (χ1n) is 4.22. The minimum absolute atomic E-state index is 0.715. The van der Waals surface area contributed by atoms with Gasteiger partial charge >= 0.3 is 0 Å². The summed E-state index contributed by atoms with van der Waals surface area (Å²) in [5.74, 6) is 0. The molecule has 0 aliphatic heterocycles. The van der Waals surface area contributed by atoms with Crippen LogP contribution in [0.25, 0.3) is 21.9 Å². The molecule has 3 rings (SSSR count). The van der Waals surface area contributed by atoms with Gasteiger partial charge in [-0.25, -0.2) is 4.98 Å². The number of aromatic amines is 1. The maximum atomic E-state index is 6.10. The molecule has 3 aromatic rings. The standard InChI is InChI=1S/C10H6ClN3/c11-7-2-4-13-10-9(7)6-1-3-12-5-8(6)14-10/h1-5H,(H,13,14). The summed E-state index contributed by atoms with van der Waals surface area (Å²) >= 11 is 6.10. The highest BCUT2D eigenvalue weighted by molar-refractivity contribution is 6.37. The second-order valence-corrected chi connectivity index (χ2v) is 3.47. The molecule has 0 bridgehead atoms. The first kappa shape index (κ1) is 7.76. The zero-order valence-electron chi connectivity index (χ0n) is 7.16. The lowest BCUT2D eigenvalue weighted by atomic mass is 10.2. The van der Waals surface area contributed by atoms with Crippen molar-refractivity contribution >= 4 is 33.5 Å². The second-order valence-electron chi connectivity index (χ2n) is 3.06. The molecule has 0 aromatic carbocycles. The maximum absolute atomic E-state index is 6.10. The van der Waals surface area contributed by atoms with Gasteiger partial charge in [0.2, 0.25) is 0 Å². The Morgan fingerprint density at radius 2 is 2.14 bits per heavy atom. The van der Waals surface area contributed by atoms with E-state index in [0.717, 1.165) is 21.9 Å². The van der Waals surface area contributed by atoms with Crippen molar-refractivity contribution in [2.75, 3.05) is 0 Å². The smallest absolute Gasteiger partial charge is 0.139 e. The lowest BCUT2D eigenvalue weighted by molar-refractivity contribution is 1.32. The van der Waals surface area contributed by atoms with E-state index < -0.39 is 0 Å². The van der Waals surface area contributed by atoms with Crippen LogP contribution in [-0.2, 0) is 0 Å². The second kappa shape index (κ2) is 2.69. The monoisotopic (exact) mass is 203 g/mol. The third-order valence-corrected chi connectivity index (χ3v) is 2.56. The van der Waals surface area contributed by atoms with Crippen LogP contribution in [0.5, 0.6) is 0 Å². The Labute approximate surface area is 84.7 Å². The Morgan fingerprint density at radius 1 is 1.21 bits per heavy atom. The molecular weight excluding hydrogens is 198 g/mol. The predicted octanol–water partition coefficient (Wildman–Crippen LogP) is 2.76. The number of halogens is 1. The van der Waals surface area contributed by atoms with E-state index in [4.69, 9.17) is 11.6 Å². The van der Waals surface area contributed by atoms with E-state index in [1.807, 2.05) is 6.07 Å². The maximum Gasteiger partial charge on any atom is 0.139 e. The number of pyridine rings is 2. The molecule has 0 fully saturated rings. The zero-order chi connectivity index (χ0) is 9.54. The molecule has 3 nitrogen and oxygen atoms in total. The van der Waals surface area contributed by atoms with E-state index >= 15 is 0 Å². The number of hydrogen-bond donors (Lipinski definition) is 1. The molecule has 3 heterocycles. The van der Waals surface area contributed by atoms with Gasteiger partial charge in [-0.2, -0.15) is 0 Å². The molecule has 0 aliphatic carbocycles. The van der Waals surface area contributed by atoms with Gasteiger partial charge in [-0.15, -0.1) is 0 Å². The van der Waals surface area contributed by atoms with Gasteiger partial charge in [0.15, 0.2) is 0 Å². The molecule has 0 aliphatic rings. The first-order chi connectivity index (χ1) is 6.86. The minimum atomic E-state index is 0.715. The molecule has 0 spiro atoms. The van der Waals surface area contributed by atoms with Crippen molar-refractivity contribution in [2.45, 2.75) is 0 Å². The van der Waals surface area contributed by atoms with Crippen LogP contribution in [0.4, 0.5) is 0 Å². The van der Waals surface area contributed by atoms with Crippen LogP contribution in [0, 0.1) is 0 Å². The number of nitrogens with zero attached hydrogens (tertiary/aromatic N) is 2. The van der Waals surface area contributed by atoms with E-state index in [0.29, 0.717) is 5.02 Å². The summed E-state index contributed by atoms with van der Waals surface area (Å²) in [7, 11) is 0. The largest absolute Gasteiger partial charge is 0.338 e. The van der Waals surface area contributed by atoms with E-state index in [9.17, 15) is 0 Å². The van der Waals surface area contributed by atoms with Gasteiger partial charge in [0.05, 0.1) is 16.7 Å². The summed E-state index contributed by atoms with van der Waals surface area (Å²) in [5, 5.41) is 2.74. The SMILES string of the molecule is Clc1ccnc2[nH]c3cnccc3c12.